The summed E-state index contributed by atoms with van der Waals surface area (Å²) in [6.07, 6.45) is 0.402. The van der Waals surface area contributed by atoms with Crippen LogP contribution < -0.4 is 15.2 Å². The predicted octanol–water partition coefficient (Wildman–Crippen LogP) is 0.286. The minimum Gasteiger partial charge on any atom is -0.493 e. The Labute approximate surface area is 116 Å². The van der Waals surface area contributed by atoms with Gasteiger partial charge in [0.2, 0.25) is 15.9 Å². The number of sulfonamides is 1. The Morgan fingerprint density at radius 2 is 2.25 bits per heavy atom. The molecule has 1 atom stereocenters. The van der Waals surface area contributed by atoms with Gasteiger partial charge in [-0.1, -0.05) is 0 Å². The molecule has 2 rings (SSSR count). The molecule has 6 nitrogen and oxygen atoms in total. The molecule has 1 amide bonds. The summed E-state index contributed by atoms with van der Waals surface area (Å²) < 4.78 is 40.2. The number of primary sulfonamides is 1. The van der Waals surface area contributed by atoms with Gasteiger partial charge in [-0.2, -0.15) is 0 Å². The molecule has 1 aromatic carbocycles. The molecular formula is C12H15FN2O4S. The lowest BCUT2D eigenvalue weighted by Crippen LogP contribution is -2.33. The monoisotopic (exact) mass is 302 g/mol. The van der Waals surface area contributed by atoms with Crippen LogP contribution in [-0.4, -0.2) is 34.2 Å². The third kappa shape index (κ3) is 3.07. The van der Waals surface area contributed by atoms with Gasteiger partial charge in [0, 0.05) is 12.1 Å². The summed E-state index contributed by atoms with van der Waals surface area (Å²) in [5.74, 6) is -0.463. The first-order valence-electron chi connectivity index (χ1n) is 6.06. The van der Waals surface area contributed by atoms with Gasteiger partial charge in [-0.15, -0.1) is 0 Å². The lowest BCUT2D eigenvalue weighted by Gasteiger charge is -2.25. The molecule has 0 spiro atoms. The average Bonchev–Trinajstić information content (AvgIpc) is 2.42. The topological polar surface area (TPSA) is 98.5 Å². The van der Waals surface area contributed by atoms with Crippen LogP contribution in [0.1, 0.15) is 17.9 Å². The maximum atomic E-state index is 12.1. The van der Waals surface area contributed by atoms with E-state index in [0.717, 1.165) is 0 Å². The van der Waals surface area contributed by atoms with Gasteiger partial charge >= 0.3 is 0 Å². The molecule has 20 heavy (non-hydrogen) atoms. The number of alkyl halides is 1. The molecule has 0 saturated carbocycles. The fraction of sp³-hybridized carbons (Fsp3) is 0.417. The summed E-state index contributed by atoms with van der Waals surface area (Å²) in [6, 6.07) is 4.14. The van der Waals surface area contributed by atoms with Gasteiger partial charge < -0.3 is 10.1 Å². The highest BCUT2D eigenvalue weighted by molar-refractivity contribution is 7.89. The van der Waals surface area contributed by atoms with Gasteiger partial charge in [0.1, 0.15) is 12.4 Å². The number of benzene rings is 1. The minimum atomic E-state index is -3.85. The van der Waals surface area contributed by atoms with Crippen molar-refractivity contribution in [2.24, 2.45) is 5.14 Å². The van der Waals surface area contributed by atoms with Crippen molar-refractivity contribution in [3.8, 4) is 5.75 Å². The van der Waals surface area contributed by atoms with E-state index in [1.54, 1.807) is 0 Å². The fourth-order valence-corrected chi connectivity index (χ4v) is 2.66. The number of nitrogens with two attached hydrogens (primary N) is 1. The maximum absolute atomic E-state index is 12.1. The lowest BCUT2D eigenvalue weighted by atomic mass is 9.92. The first kappa shape index (κ1) is 14.7. The number of hydrogen-bond donors (Lipinski definition) is 2. The van der Waals surface area contributed by atoms with Crippen LogP contribution in [0, 0.1) is 0 Å². The van der Waals surface area contributed by atoms with Gasteiger partial charge in [0.25, 0.3) is 0 Å². The first-order chi connectivity index (χ1) is 9.43. The van der Waals surface area contributed by atoms with E-state index in [9.17, 15) is 17.6 Å². The van der Waals surface area contributed by atoms with Gasteiger partial charge in [-0.25, -0.2) is 17.9 Å². The molecule has 8 heteroatoms. The number of ether oxygens (including phenoxy) is 1. The molecule has 1 aliphatic heterocycles. The van der Waals surface area contributed by atoms with Crippen molar-refractivity contribution in [2.75, 3.05) is 19.8 Å². The number of halogens is 1. The van der Waals surface area contributed by atoms with E-state index in [2.05, 4.69) is 5.32 Å². The standard InChI is InChI=1S/C12H15FN2O4S/c13-4-5-15-12(16)9-3-6-19-11-2-1-8(7-10(9)11)20(14,17)18/h1-2,7,9H,3-6H2,(H,15,16)(H2,14,17,18). The summed E-state index contributed by atoms with van der Waals surface area (Å²) in [7, 11) is -3.85. The van der Waals surface area contributed by atoms with E-state index >= 15 is 0 Å². The number of carbonyl (C=O) groups excluding carboxylic acids is 1. The number of amides is 1. The Balaban J connectivity index is 2.35. The largest absolute Gasteiger partial charge is 0.493 e. The van der Waals surface area contributed by atoms with Crippen molar-refractivity contribution >= 4 is 15.9 Å². The van der Waals surface area contributed by atoms with Crippen LogP contribution in [0.2, 0.25) is 0 Å². The second-order valence-corrected chi connectivity index (χ2v) is 5.98. The van der Waals surface area contributed by atoms with Gasteiger partial charge in [-0.3, -0.25) is 4.79 Å². The van der Waals surface area contributed by atoms with Crippen molar-refractivity contribution < 1.29 is 22.3 Å². The Morgan fingerprint density at radius 3 is 2.90 bits per heavy atom. The first-order valence-corrected chi connectivity index (χ1v) is 7.61. The molecule has 110 valence electrons. The van der Waals surface area contributed by atoms with Gasteiger partial charge in [0.05, 0.1) is 17.4 Å². The van der Waals surface area contributed by atoms with Crippen LogP contribution in [0.4, 0.5) is 4.39 Å². The van der Waals surface area contributed by atoms with Crippen molar-refractivity contribution in [1.82, 2.24) is 5.32 Å². The van der Waals surface area contributed by atoms with E-state index in [-0.39, 0.29) is 17.3 Å². The van der Waals surface area contributed by atoms with Crippen LogP contribution in [0.5, 0.6) is 5.75 Å². The van der Waals surface area contributed by atoms with Crippen LogP contribution in [0.15, 0.2) is 23.1 Å². The number of hydrogen-bond acceptors (Lipinski definition) is 4. The van der Waals surface area contributed by atoms with Crippen LogP contribution in [0.3, 0.4) is 0 Å². The zero-order valence-corrected chi connectivity index (χ0v) is 11.5. The SMILES string of the molecule is NS(=O)(=O)c1ccc2c(c1)C(C(=O)NCCF)CCO2. The smallest absolute Gasteiger partial charge is 0.238 e. The quantitative estimate of drug-likeness (QED) is 0.835. The third-order valence-electron chi connectivity index (χ3n) is 3.06. The summed E-state index contributed by atoms with van der Waals surface area (Å²) in [5, 5.41) is 7.52. The normalized spacial score (nSPS) is 18.0. The molecule has 1 heterocycles. The molecule has 0 bridgehead atoms. The molecule has 0 fully saturated rings. The van der Waals surface area contributed by atoms with E-state index in [1.807, 2.05) is 0 Å². The van der Waals surface area contributed by atoms with E-state index < -0.39 is 22.6 Å². The molecule has 1 aliphatic rings. The van der Waals surface area contributed by atoms with Crippen molar-refractivity contribution in [3.63, 3.8) is 0 Å². The Morgan fingerprint density at radius 1 is 1.50 bits per heavy atom. The van der Waals surface area contributed by atoms with Crippen LogP contribution in [-0.2, 0) is 14.8 Å². The molecule has 0 aliphatic carbocycles. The predicted molar refractivity (Wildman–Crippen MR) is 69.7 cm³/mol. The zero-order chi connectivity index (χ0) is 14.8. The van der Waals surface area contributed by atoms with Crippen molar-refractivity contribution in [3.05, 3.63) is 23.8 Å². The summed E-state index contributed by atoms with van der Waals surface area (Å²) in [6.45, 7) is -0.380. The van der Waals surface area contributed by atoms with Crippen molar-refractivity contribution in [2.45, 2.75) is 17.2 Å². The second kappa shape index (κ2) is 5.76. The summed E-state index contributed by atoms with van der Waals surface area (Å²) in [5.41, 5.74) is 0.458. The maximum Gasteiger partial charge on any atom is 0.238 e. The number of rotatable bonds is 4. The average molecular weight is 302 g/mol. The van der Waals surface area contributed by atoms with Crippen LogP contribution >= 0.6 is 0 Å². The minimum absolute atomic E-state index is 0.0690. The van der Waals surface area contributed by atoms with Crippen molar-refractivity contribution in [1.29, 1.82) is 0 Å². The molecule has 1 aromatic rings. The molecule has 3 N–H and O–H groups in total. The number of nitrogens with one attached hydrogen (secondary N) is 1. The summed E-state index contributed by atoms with van der Waals surface area (Å²) >= 11 is 0. The van der Waals surface area contributed by atoms with E-state index in [4.69, 9.17) is 9.88 Å². The third-order valence-corrected chi connectivity index (χ3v) is 3.97. The van der Waals surface area contributed by atoms with Crippen LogP contribution in [0.25, 0.3) is 0 Å². The molecular weight excluding hydrogens is 287 g/mol. The Bertz CT molecular complexity index is 618. The number of fused-ring (bicyclic) bond motifs is 1. The van der Waals surface area contributed by atoms with E-state index in [0.29, 0.717) is 24.3 Å². The fourth-order valence-electron chi connectivity index (χ4n) is 2.12. The van der Waals surface area contributed by atoms with E-state index in [1.165, 1.54) is 18.2 Å². The Hall–Kier alpha value is -1.67. The molecule has 0 aromatic heterocycles. The second-order valence-electron chi connectivity index (χ2n) is 4.41. The van der Waals surface area contributed by atoms with Gasteiger partial charge in [0.15, 0.2) is 0 Å². The summed E-state index contributed by atoms with van der Waals surface area (Å²) in [4.78, 5) is 11.9. The molecule has 0 radical (unpaired) electrons. The molecule has 1 unspecified atom stereocenters. The number of carbonyl (C=O) groups is 1. The highest BCUT2D eigenvalue weighted by Gasteiger charge is 2.28. The highest BCUT2D eigenvalue weighted by Crippen LogP contribution is 2.35. The zero-order valence-electron chi connectivity index (χ0n) is 10.6. The highest BCUT2D eigenvalue weighted by atomic mass is 32.2. The molecule has 0 saturated heterocycles. The van der Waals surface area contributed by atoms with Gasteiger partial charge in [-0.05, 0) is 24.6 Å². The Kier molecular flexibility index (Phi) is 4.24. The lowest BCUT2D eigenvalue weighted by molar-refractivity contribution is -0.123.